The van der Waals surface area contributed by atoms with Crippen molar-refractivity contribution in [2.45, 2.75) is 72.1 Å². The van der Waals surface area contributed by atoms with E-state index in [0.29, 0.717) is 31.7 Å². The second-order valence-electron chi connectivity index (χ2n) is 7.83. The second-order valence-corrected chi connectivity index (χ2v) is 7.83. The number of carbonyl (C=O) groups excluding carboxylic acids is 3. The van der Waals surface area contributed by atoms with Gasteiger partial charge in [-0.05, 0) is 45.2 Å². The van der Waals surface area contributed by atoms with Crippen LogP contribution in [-0.2, 0) is 14.4 Å². The number of Topliss-reactive ketones (excluding diaryl/α,β-unsaturated/α-hetero) is 1. The van der Waals surface area contributed by atoms with Crippen LogP contribution in [0.3, 0.4) is 0 Å². The molecule has 0 aromatic heterocycles. The minimum Gasteiger partial charge on any atom is -0.391 e. The monoisotopic (exact) mass is 386 g/mol. The van der Waals surface area contributed by atoms with Gasteiger partial charge in [0.1, 0.15) is 6.04 Å². The third kappa shape index (κ3) is 9.30. The van der Waals surface area contributed by atoms with Gasteiger partial charge in [-0.2, -0.15) is 0 Å². The summed E-state index contributed by atoms with van der Waals surface area (Å²) in [6.45, 7) is 9.52. The van der Waals surface area contributed by atoms with Crippen molar-refractivity contribution in [3.63, 3.8) is 0 Å². The summed E-state index contributed by atoms with van der Waals surface area (Å²) < 4.78 is 0. The zero-order valence-electron chi connectivity index (χ0n) is 17.3. The molecular formula is C19H38N4O4. The lowest BCUT2D eigenvalue weighted by molar-refractivity contribution is -0.136. The molecule has 0 heterocycles. The molecule has 27 heavy (non-hydrogen) atoms. The first kappa shape index (κ1) is 25.5. The Labute approximate surface area is 162 Å². The van der Waals surface area contributed by atoms with E-state index in [1.807, 2.05) is 13.8 Å². The fourth-order valence-corrected chi connectivity index (χ4v) is 2.92. The third-order valence-electron chi connectivity index (χ3n) is 4.39. The van der Waals surface area contributed by atoms with E-state index in [0.717, 1.165) is 0 Å². The van der Waals surface area contributed by atoms with Crippen LogP contribution >= 0.6 is 0 Å². The van der Waals surface area contributed by atoms with Gasteiger partial charge in [-0.15, -0.1) is 0 Å². The van der Waals surface area contributed by atoms with Gasteiger partial charge in [-0.3, -0.25) is 14.4 Å². The number of hydrogen-bond acceptors (Lipinski definition) is 6. The lowest BCUT2D eigenvalue weighted by atomic mass is 9.92. The van der Waals surface area contributed by atoms with Crippen molar-refractivity contribution in [2.75, 3.05) is 13.1 Å². The molecule has 0 aliphatic carbocycles. The first-order valence-electron chi connectivity index (χ1n) is 9.77. The molecular weight excluding hydrogens is 348 g/mol. The van der Waals surface area contributed by atoms with Crippen molar-refractivity contribution >= 4 is 17.6 Å². The molecule has 8 heteroatoms. The highest BCUT2D eigenvalue weighted by Gasteiger charge is 2.32. The van der Waals surface area contributed by atoms with Gasteiger partial charge in [0.25, 0.3) is 0 Å². The van der Waals surface area contributed by atoms with Gasteiger partial charge in [0.2, 0.25) is 11.8 Å². The molecule has 0 aliphatic rings. The highest BCUT2D eigenvalue weighted by Crippen LogP contribution is 2.16. The number of nitrogens with one attached hydrogen (secondary N) is 2. The number of ketones is 1. The average molecular weight is 387 g/mol. The molecule has 0 aromatic carbocycles. The summed E-state index contributed by atoms with van der Waals surface area (Å²) in [6, 6.07) is -1.89. The maximum Gasteiger partial charge on any atom is 0.245 e. The topological polar surface area (TPSA) is 148 Å². The largest absolute Gasteiger partial charge is 0.391 e. The van der Waals surface area contributed by atoms with Crippen LogP contribution in [0, 0.1) is 17.8 Å². The number of carbonyl (C=O) groups is 3. The van der Waals surface area contributed by atoms with Crippen LogP contribution in [0.15, 0.2) is 0 Å². The molecule has 1 unspecified atom stereocenters. The Balaban J connectivity index is 5.20. The molecule has 4 atom stereocenters. The molecule has 0 radical (unpaired) electrons. The molecule has 0 aliphatic heterocycles. The van der Waals surface area contributed by atoms with Crippen LogP contribution in [0.5, 0.6) is 0 Å². The predicted octanol–water partition coefficient (Wildman–Crippen LogP) is -0.0782. The number of rotatable bonds is 13. The Morgan fingerprint density at radius 1 is 0.889 bits per heavy atom. The number of aliphatic hydroxyl groups is 1. The maximum atomic E-state index is 12.6. The van der Waals surface area contributed by atoms with Gasteiger partial charge in [0.05, 0.1) is 12.1 Å². The predicted molar refractivity (Wildman–Crippen MR) is 106 cm³/mol. The van der Waals surface area contributed by atoms with Crippen molar-refractivity contribution in [1.29, 1.82) is 0 Å². The SMILES string of the molecule is CC(C)CC(CCN)C(=O)N[C@H](C(=O)N[C@@H](CCN)C(=O)C(C)C)[C@H](C)O. The van der Waals surface area contributed by atoms with Crippen LogP contribution in [0.2, 0.25) is 0 Å². The summed E-state index contributed by atoms with van der Waals surface area (Å²) in [5, 5.41) is 15.3. The Morgan fingerprint density at radius 2 is 1.44 bits per heavy atom. The summed E-state index contributed by atoms with van der Waals surface area (Å²) in [5.41, 5.74) is 11.1. The zero-order valence-corrected chi connectivity index (χ0v) is 17.3. The molecule has 0 bridgehead atoms. The van der Waals surface area contributed by atoms with Crippen LogP contribution in [0.1, 0.15) is 53.9 Å². The van der Waals surface area contributed by atoms with Crippen molar-refractivity contribution in [2.24, 2.45) is 29.2 Å². The summed E-state index contributed by atoms with van der Waals surface area (Å²) in [4.78, 5) is 37.5. The fraction of sp³-hybridized carbons (Fsp3) is 0.842. The Kier molecular flexibility index (Phi) is 12.1. The molecule has 0 saturated carbocycles. The van der Waals surface area contributed by atoms with Crippen molar-refractivity contribution < 1.29 is 19.5 Å². The maximum absolute atomic E-state index is 12.6. The quantitative estimate of drug-likeness (QED) is 0.299. The lowest BCUT2D eigenvalue weighted by Gasteiger charge is -2.27. The first-order valence-corrected chi connectivity index (χ1v) is 9.77. The standard InChI is InChI=1S/C19H38N4O4/c1-11(2)10-14(6-8-20)18(26)23-16(13(5)24)19(27)22-15(7-9-21)17(25)12(3)4/h11-16,24H,6-10,20-21H2,1-5H3,(H,22,27)(H,23,26)/t13-,14?,15-,16-/m0/s1. The van der Waals surface area contributed by atoms with Gasteiger partial charge < -0.3 is 27.2 Å². The van der Waals surface area contributed by atoms with Gasteiger partial charge >= 0.3 is 0 Å². The Morgan fingerprint density at radius 3 is 1.85 bits per heavy atom. The number of hydrogen-bond donors (Lipinski definition) is 5. The van der Waals surface area contributed by atoms with E-state index in [1.165, 1.54) is 6.92 Å². The van der Waals surface area contributed by atoms with Crippen LogP contribution in [0.4, 0.5) is 0 Å². The van der Waals surface area contributed by atoms with E-state index in [-0.39, 0.29) is 30.1 Å². The van der Waals surface area contributed by atoms with E-state index in [9.17, 15) is 19.5 Å². The van der Waals surface area contributed by atoms with E-state index in [1.54, 1.807) is 13.8 Å². The van der Waals surface area contributed by atoms with Gasteiger partial charge in [0, 0.05) is 11.8 Å². The van der Waals surface area contributed by atoms with E-state index in [4.69, 9.17) is 11.5 Å². The number of amides is 2. The van der Waals surface area contributed by atoms with Gasteiger partial charge in [-0.1, -0.05) is 27.7 Å². The van der Waals surface area contributed by atoms with Crippen molar-refractivity contribution in [3.8, 4) is 0 Å². The van der Waals surface area contributed by atoms with E-state index < -0.39 is 24.1 Å². The number of nitrogens with two attached hydrogens (primary N) is 2. The van der Waals surface area contributed by atoms with Crippen LogP contribution in [0.25, 0.3) is 0 Å². The minimum absolute atomic E-state index is 0.134. The van der Waals surface area contributed by atoms with Crippen molar-refractivity contribution in [3.05, 3.63) is 0 Å². The third-order valence-corrected chi connectivity index (χ3v) is 4.39. The smallest absolute Gasteiger partial charge is 0.245 e. The molecule has 0 fully saturated rings. The van der Waals surface area contributed by atoms with E-state index in [2.05, 4.69) is 10.6 Å². The second kappa shape index (κ2) is 12.8. The summed E-state index contributed by atoms with van der Waals surface area (Å²) in [5.74, 6) is -1.35. The average Bonchev–Trinajstić information content (AvgIpc) is 2.56. The highest BCUT2D eigenvalue weighted by molar-refractivity contribution is 5.94. The van der Waals surface area contributed by atoms with Crippen LogP contribution in [-0.4, -0.2) is 54.0 Å². The molecule has 2 amide bonds. The van der Waals surface area contributed by atoms with Gasteiger partial charge in [0.15, 0.2) is 5.78 Å². The molecule has 158 valence electrons. The summed E-state index contributed by atoms with van der Waals surface area (Å²) >= 11 is 0. The van der Waals surface area contributed by atoms with E-state index >= 15 is 0 Å². The lowest BCUT2D eigenvalue weighted by Crippen LogP contribution is -2.57. The molecule has 8 nitrogen and oxygen atoms in total. The molecule has 0 aromatic rings. The van der Waals surface area contributed by atoms with Crippen LogP contribution < -0.4 is 22.1 Å². The first-order chi connectivity index (χ1) is 12.5. The Bertz CT molecular complexity index is 480. The molecule has 0 spiro atoms. The van der Waals surface area contributed by atoms with Gasteiger partial charge in [-0.25, -0.2) is 0 Å². The van der Waals surface area contributed by atoms with Crippen molar-refractivity contribution in [1.82, 2.24) is 10.6 Å². The molecule has 0 saturated heterocycles. The normalized spacial score (nSPS) is 15.9. The molecule has 7 N–H and O–H groups in total. The summed E-state index contributed by atoms with van der Waals surface area (Å²) in [7, 11) is 0. The molecule has 0 rings (SSSR count). The highest BCUT2D eigenvalue weighted by atomic mass is 16.3. The Hall–Kier alpha value is -1.51. The zero-order chi connectivity index (χ0) is 21.1. The fourth-order valence-electron chi connectivity index (χ4n) is 2.92. The number of aliphatic hydroxyl groups excluding tert-OH is 1. The summed E-state index contributed by atoms with van der Waals surface area (Å²) in [6.07, 6.45) is 0.324. The minimum atomic E-state index is -1.15.